The Labute approximate surface area is 91.2 Å². The molecule has 2 aliphatic rings. The molecule has 0 bridgehead atoms. The molecule has 1 unspecified atom stereocenters. The predicted octanol–water partition coefficient (Wildman–Crippen LogP) is 0.376. The number of rotatable bonds is 4. The van der Waals surface area contributed by atoms with Gasteiger partial charge in [-0.1, -0.05) is 12.2 Å². The van der Waals surface area contributed by atoms with E-state index in [0.29, 0.717) is 0 Å². The summed E-state index contributed by atoms with van der Waals surface area (Å²) in [4.78, 5) is 0. The smallest absolute Gasteiger partial charge is 0.213 e. The molecule has 0 saturated carbocycles. The van der Waals surface area contributed by atoms with Crippen LogP contribution < -0.4 is 10.0 Å². The van der Waals surface area contributed by atoms with Crippen LogP contribution >= 0.6 is 0 Å². The second kappa shape index (κ2) is 4.63. The maximum absolute atomic E-state index is 11.8. The van der Waals surface area contributed by atoms with Gasteiger partial charge in [0.05, 0.1) is 5.75 Å². The fourth-order valence-electron chi connectivity index (χ4n) is 2.18. The largest absolute Gasteiger partial charge is 0.313 e. The van der Waals surface area contributed by atoms with Crippen LogP contribution in [-0.4, -0.2) is 32.8 Å². The molecule has 2 N–H and O–H groups in total. The average Bonchev–Trinajstić information content (AvgIpc) is 2.75. The zero-order chi connectivity index (χ0) is 10.7. The summed E-state index contributed by atoms with van der Waals surface area (Å²) in [6, 6.07) is 0.244. The van der Waals surface area contributed by atoms with Gasteiger partial charge in [-0.05, 0) is 32.2 Å². The first kappa shape index (κ1) is 11.1. The Morgan fingerprint density at radius 1 is 1.33 bits per heavy atom. The van der Waals surface area contributed by atoms with Gasteiger partial charge in [0.15, 0.2) is 0 Å². The zero-order valence-corrected chi connectivity index (χ0v) is 9.59. The topological polar surface area (TPSA) is 58.2 Å². The fourth-order valence-corrected chi connectivity index (χ4v) is 3.79. The molecule has 1 fully saturated rings. The molecule has 5 heteroatoms. The standard InChI is InChI=1S/C10H18N2O2S/c13-15(14,8-10-6-3-7-11-10)12-9-4-1-2-5-9/h1-2,9-12H,3-8H2. The van der Waals surface area contributed by atoms with E-state index in [9.17, 15) is 8.42 Å². The predicted molar refractivity (Wildman–Crippen MR) is 60.1 cm³/mol. The first-order valence-electron chi connectivity index (χ1n) is 5.54. The van der Waals surface area contributed by atoms with Crippen LogP contribution in [0.3, 0.4) is 0 Å². The molecule has 0 aromatic heterocycles. The van der Waals surface area contributed by atoms with E-state index in [4.69, 9.17) is 0 Å². The molecule has 0 aromatic rings. The van der Waals surface area contributed by atoms with E-state index in [0.717, 1.165) is 32.2 Å². The summed E-state index contributed by atoms with van der Waals surface area (Å²) in [5.74, 6) is 0.226. The number of sulfonamides is 1. The third-order valence-electron chi connectivity index (χ3n) is 2.94. The van der Waals surface area contributed by atoms with Crippen LogP contribution in [-0.2, 0) is 10.0 Å². The van der Waals surface area contributed by atoms with Crippen molar-refractivity contribution in [3.05, 3.63) is 12.2 Å². The first-order chi connectivity index (χ1) is 7.16. The first-order valence-corrected chi connectivity index (χ1v) is 7.19. The molecular formula is C10H18N2O2S. The molecule has 1 heterocycles. The Morgan fingerprint density at radius 2 is 2.07 bits per heavy atom. The van der Waals surface area contributed by atoms with Crippen molar-refractivity contribution in [3.63, 3.8) is 0 Å². The Kier molecular flexibility index (Phi) is 3.43. The lowest BCUT2D eigenvalue weighted by Crippen LogP contribution is -2.40. The van der Waals surface area contributed by atoms with Crippen molar-refractivity contribution in [2.24, 2.45) is 0 Å². The van der Waals surface area contributed by atoms with Crippen LogP contribution in [0.4, 0.5) is 0 Å². The van der Waals surface area contributed by atoms with Gasteiger partial charge in [-0.3, -0.25) is 0 Å². The quantitative estimate of drug-likeness (QED) is 0.686. The summed E-state index contributed by atoms with van der Waals surface area (Å²) in [7, 11) is -3.10. The number of hydrogen-bond donors (Lipinski definition) is 2. The molecule has 2 rings (SSSR count). The summed E-state index contributed by atoms with van der Waals surface area (Å²) in [6.07, 6.45) is 7.78. The zero-order valence-electron chi connectivity index (χ0n) is 8.78. The molecule has 0 radical (unpaired) electrons. The molecule has 15 heavy (non-hydrogen) atoms. The summed E-state index contributed by atoms with van der Waals surface area (Å²) < 4.78 is 26.3. The van der Waals surface area contributed by atoms with Gasteiger partial charge < -0.3 is 5.32 Å². The fraction of sp³-hybridized carbons (Fsp3) is 0.800. The molecule has 86 valence electrons. The summed E-state index contributed by atoms with van der Waals surface area (Å²) >= 11 is 0. The molecule has 0 spiro atoms. The van der Waals surface area contributed by atoms with Gasteiger partial charge in [0.2, 0.25) is 10.0 Å². The van der Waals surface area contributed by atoms with Crippen LogP contribution in [0.1, 0.15) is 25.7 Å². The van der Waals surface area contributed by atoms with E-state index < -0.39 is 10.0 Å². The van der Waals surface area contributed by atoms with Crippen LogP contribution in [0.5, 0.6) is 0 Å². The maximum Gasteiger partial charge on any atom is 0.213 e. The average molecular weight is 230 g/mol. The molecule has 1 aliphatic heterocycles. The molecule has 0 aromatic carbocycles. The number of hydrogen-bond acceptors (Lipinski definition) is 3. The van der Waals surface area contributed by atoms with Crippen molar-refractivity contribution in [2.45, 2.75) is 37.8 Å². The Balaban J connectivity index is 1.83. The lowest BCUT2D eigenvalue weighted by atomic mass is 10.3. The van der Waals surface area contributed by atoms with Crippen molar-refractivity contribution in [1.29, 1.82) is 0 Å². The van der Waals surface area contributed by atoms with Crippen molar-refractivity contribution in [3.8, 4) is 0 Å². The van der Waals surface area contributed by atoms with Gasteiger partial charge in [0, 0.05) is 12.1 Å². The highest BCUT2D eigenvalue weighted by Crippen LogP contribution is 2.12. The molecular weight excluding hydrogens is 212 g/mol. The molecule has 1 saturated heterocycles. The van der Waals surface area contributed by atoms with Gasteiger partial charge >= 0.3 is 0 Å². The SMILES string of the molecule is O=S(=O)(CC1CCCN1)NC1CC=CC1. The second-order valence-electron chi connectivity index (χ2n) is 4.33. The van der Waals surface area contributed by atoms with Gasteiger partial charge in [0.25, 0.3) is 0 Å². The lowest BCUT2D eigenvalue weighted by molar-refractivity contribution is 0.543. The van der Waals surface area contributed by atoms with E-state index in [1.54, 1.807) is 0 Å². The van der Waals surface area contributed by atoms with Crippen LogP contribution in [0.15, 0.2) is 12.2 Å². The highest BCUT2D eigenvalue weighted by molar-refractivity contribution is 7.89. The summed E-state index contributed by atoms with van der Waals surface area (Å²) in [5, 5.41) is 3.20. The minimum atomic E-state index is -3.10. The van der Waals surface area contributed by atoms with Crippen molar-refractivity contribution >= 4 is 10.0 Å². The monoisotopic (exact) mass is 230 g/mol. The van der Waals surface area contributed by atoms with Crippen molar-refractivity contribution in [1.82, 2.24) is 10.0 Å². The maximum atomic E-state index is 11.8. The molecule has 1 aliphatic carbocycles. The van der Waals surface area contributed by atoms with Gasteiger partial charge in [-0.2, -0.15) is 0 Å². The second-order valence-corrected chi connectivity index (χ2v) is 6.13. The van der Waals surface area contributed by atoms with Crippen LogP contribution in [0.2, 0.25) is 0 Å². The highest BCUT2D eigenvalue weighted by atomic mass is 32.2. The third-order valence-corrected chi connectivity index (χ3v) is 4.47. The Morgan fingerprint density at radius 3 is 2.67 bits per heavy atom. The minimum absolute atomic E-state index is 0.0939. The van der Waals surface area contributed by atoms with Gasteiger partial charge in [0.1, 0.15) is 0 Å². The minimum Gasteiger partial charge on any atom is -0.313 e. The van der Waals surface area contributed by atoms with Crippen molar-refractivity contribution < 1.29 is 8.42 Å². The Hall–Kier alpha value is -0.390. The number of nitrogens with one attached hydrogen (secondary N) is 2. The third kappa shape index (κ3) is 3.29. The van der Waals surface area contributed by atoms with Gasteiger partial charge in [-0.15, -0.1) is 0 Å². The van der Waals surface area contributed by atoms with Crippen LogP contribution in [0.25, 0.3) is 0 Å². The van der Waals surface area contributed by atoms with Gasteiger partial charge in [-0.25, -0.2) is 13.1 Å². The molecule has 0 amide bonds. The van der Waals surface area contributed by atoms with Crippen molar-refractivity contribution in [2.75, 3.05) is 12.3 Å². The molecule has 1 atom stereocenters. The molecule has 4 nitrogen and oxygen atoms in total. The Bertz CT molecular complexity index is 313. The lowest BCUT2D eigenvalue weighted by Gasteiger charge is -2.15. The van der Waals surface area contributed by atoms with E-state index in [2.05, 4.69) is 10.0 Å². The van der Waals surface area contributed by atoms with Crippen LogP contribution in [0, 0.1) is 0 Å². The highest BCUT2D eigenvalue weighted by Gasteiger charge is 2.24. The van der Waals surface area contributed by atoms with E-state index in [1.807, 2.05) is 12.2 Å². The van der Waals surface area contributed by atoms with E-state index in [-0.39, 0.29) is 17.8 Å². The normalized spacial score (nSPS) is 27.6. The summed E-state index contributed by atoms with van der Waals surface area (Å²) in [5.41, 5.74) is 0. The van der Waals surface area contributed by atoms with E-state index in [1.165, 1.54) is 0 Å². The van der Waals surface area contributed by atoms with E-state index >= 15 is 0 Å². The summed E-state index contributed by atoms with van der Waals surface area (Å²) in [6.45, 7) is 0.950.